The van der Waals surface area contributed by atoms with Crippen LogP contribution in [0.2, 0.25) is 0 Å². The molecule has 0 aliphatic heterocycles. The standard InChI is InChI=1S/C6H7N.C5H12/c7-6-4-2-1-3-5-6;1-3-5-4-2/h1-5H,7H2;3-5H2,1-2H3. The zero-order chi connectivity index (χ0) is 9.23. The van der Waals surface area contributed by atoms with E-state index in [9.17, 15) is 0 Å². The Morgan fingerprint density at radius 2 is 1.50 bits per heavy atom. The van der Waals surface area contributed by atoms with E-state index in [1.165, 1.54) is 19.3 Å². The number of nitrogen functional groups attached to an aromatic ring is 1. The minimum absolute atomic E-state index is 0.822. The number of hydrogen-bond acceptors (Lipinski definition) is 1. The van der Waals surface area contributed by atoms with Crippen LogP contribution < -0.4 is 5.73 Å². The minimum atomic E-state index is 0.822. The summed E-state index contributed by atoms with van der Waals surface area (Å²) in [5, 5.41) is 0. The van der Waals surface area contributed by atoms with Gasteiger partial charge in [0.1, 0.15) is 0 Å². The molecular formula is C11H19N. The van der Waals surface area contributed by atoms with Gasteiger partial charge < -0.3 is 5.73 Å². The molecule has 0 spiro atoms. The maximum Gasteiger partial charge on any atom is 0.0313 e. The van der Waals surface area contributed by atoms with Crippen LogP contribution in [0.4, 0.5) is 5.69 Å². The van der Waals surface area contributed by atoms with Crippen LogP contribution in [0.5, 0.6) is 0 Å². The molecule has 0 amide bonds. The van der Waals surface area contributed by atoms with Crippen molar-refractivity contribution < 1.29 is 0 Å². The predicted octanol–water partition coefficient (Wildman–Crippen LogP) is 3.47. The van der Waals surface area contributed by atoms with Gasteiger partial charge in [0.25, 0.3) is 0 Å². The molecule has 1 heteroatoms. The molecule has 68 valence electrons. The summed E-state index contributed by atoms with van der Waals surface area (Å²) in [4.78, 5) is 0. The van der Waals surface area contributed by atoms with E-state index in [1.807, 2.05) is 30.3 Å². The Kier molecular flexibility index (Phi) is 7.46. The molecule has 0 saturated heterocycles. The van der Waals surface area contributed by atoms with Crippen molar-refractivity contribution in [3.8, 4) is 0 Å². The van der Waals surface area contributed by atoms with Gasteiger partial charge in [-0.1, -0.05) is 51.3 Å². The Balaban J connectivity index is 0.000000217. The van der Waals surface area contributed by atoms with Gasteiger partial charge in [-0.15, -0.1) is 0 Å². The van der Waals surface area contributed by atoms with Crippen LogP contribution in [0, 0.1) is 0 Å². The Morgan fingerprint density at radius 1 is 1.00 bits per heavy atom. The summed E-state index contributed by atoms with van der Waals surface area (Å²) in [5.74, 6) is 0. The first-order chi connectivity index (χ1) is 5.81. The number of para-hydroxylation sites is 1. The van der Waals surface area contributed by atoms with Gasteiger partial charge in [0.05, 0.1) is 0 Å². The highest BCUT2D eigenvalue weighted by atomic mass is 14.5. The summed E-state index contributed by atoms with van der Waals surface area (Å²) >= 11 is 0. The van der Waals surface area contributed by atoms with E-state index in [0.29, 0.717) is 0 Å². The topological polar surface area (TPSA) is 26.0 Å². The average Bonchev–Trinajstić information content (AvgIpc) is 2.08. The molecule has 0 aromatic heterocycles. The molecule has 1 nitrogen and oxygen atoms in total. The van der Waals surface area contributed by atoms with Crippen molar-refractivity contribution in [3.05, 3.63) is 30.3 Å². The lowest BCUT2D eigenvalue weighted by atomic mass is 10.3. The number of nitrogens with two attached hydrogens (primary N) is 1. The van der Waals surface area contributed by atoms with Crippen LogP contribution in [0.1, 0.15) is 33.1 Å². The molecule has 0 aliphatic carbocycles. The van der Waals surface area contributed by atoms with Crippen LogP contribution in [0.25, 0.3) is 0 Å². The SMILES string of the molecule is CCCCC.Nc1ccccc1. The summed E-state index contributed by atoms with van der Waals surface area (Å²) in [7, 11) is 0. The van der Waals surface area contributed by atoms with E-state index in [4.69, 9.17) is 5.73 Å². The second kappa shape index (κ2) is 8.12. The zero-order valence-corrected chi connectivity index (χ0v) is 8.09. The number of benzene rings is 1. The van der Waals surface area contributed by atoms with E-state index in [1.54, 1.807) is 0 Å². The number of unbranched alkanes of at least 4 members (excludes halogenated alkanes) is 2. The monoisotopic (exact) mass is 165 g/mol. The van der Waals surface area contributed by atoms with E-state index in [2.05, 4.69) is 13.8 Å². The summed E-state index contributed by atoms with van der Waals surface area (Å²) in [5.41, 5.74) is 6.18. The fraction of sp³-hybridized carbons (Fsp3) is 0.455. The second-order valence-electron chi connectivity index (χ2n) is 2.76. The Morgan fingerprint density at radius 3 is 1.67 bits per heavy atom. The number of anilines is 1. The third-order valence-electron chi connectivity index (χ3n) is 1.51. The maximum atomic E-state index is 5.36. The van der Waals surface area contributed by atoms with Gasteiger partial charge in [-0.05, 0) is 12.1 Å². The van der Waals surface area contributed by atoms with Gasteiger partial charge in [-0.25, -0.2) is 0 Å². The van der Waals surface area contributed by atoms with Gasteiger partial charge >= 0.3 is 0 Å². The van der Waals surface area contributed by atoms with Crippen LogP contribution in [-0.2, 0) is 0 Å². The molecular weight excluding hydrogens is 146 g/mol. The van der Waals surface area contributed by atoms with Crippen molar-refractivity contribution in [3.63, 3.8) is 0 Å². The van der Waals surface area contributed by atoms with Crippen molar-refractivity contribution in [1.82, 2.24) is 0 Å². The highest BCUT2D eigenvalue weighted by molar-refractivity contribution is 5.35. The fourth-order valence-electron chi connectivity index (χ4n) is 0.807. The predicted molar refractivity (Wildman–Crippen MR) is 56.1 cm³/mol. The highest BCUT2D eigenvalue weighted by Gasteiger charge is 1.72. The summed E-state index contributed by atoms with van der Waals surface area (Å²) in [6.45, 7) is 4.42. The first-order valence-electron chi connectivity index (χ1n) is 4.61. The van der Waals surface area contributed by atoms with Crippen LogP contribution >= 0.6 is 0 Å². The average molecular weight is 165 g/mol. The molecule has 0 heterocycles. The van der Waals surface area contributed by atoms with E-state index in [-0.39, 0.29) is 0 Å². The van der Waals surface area contributed by atoms with Gasteiger partial charge in [-0.3, -0.25) is 0 Å². The van der Waals surface area contributed by atoms with Gasteiger partial charge in [0, 0.05) is 5.69 Å². The molecule has 1 rings (SSSR count). The number of rotatable bonds is 2. The number of hydrogen-bond donors (Lipinski definition) is 1. The van der Waals surface area contributed by atoms with Gasteiger partial charge in [0.15, 0.2) is 0 Å². The lowest BCUT2D eigenvalue weighted by Crippen LogP contribution is -1.79. The van der Waals surface area contributed by atoms with Crippen molar-refractivity contribution in [2.45, 2.75) is 33.1 Å². The fourth-order valence-corrected chi connectivity index (χ4v) is 0.807. The molecule has 0 aliphatic rings. The van der Waals surface area contributed by atoms with Gasteiger partial charge in [0.2, 0.25) is 0 Å². The normalized spacial score (nSPS) is 8.50. The molecule has 0 radical (unpaired) electrons. The van der Waals surface area contributed by atoms with Crippen LogP contribution in [-0.4, -0.2) is 0 Å². The first-order valence-corrected chi connectivity index (χ1v) is 4.61. The minimum Gasteiger partial charge on any atom is -0.399 e. The lowest BCUT2D eigenvalue weighted by molar-refractivity contribution is 0.772. The quantitative estimate of drug-likeness (QED) is 0.667. The lowest BCUT2D eigenvalue weighted by Gasteiger charge is -1.83. The summed E-state index contributed by atoms with van der Waals surface area (Å²) in [6.07, 6.45) is 4.08. The molecule has 12 heavy (non-hydrogen) atoms. The van der Waals surface area contributed by atoms with E-state index in [0.717, 1.165) is 5.69 Å². The Labute approximate surface area is 75.6 Å². The van der Waals surface area contributed by atoms with Crippen LogP contribution in [0.3, 0.4) is 0 Å². The highest BCUT2D eigenvalue weighted by Crippen LogP contribution is 1.95. The largest absolute Gasteiger partial charge is 0.399 e. The maximum absolute atomic E-state index is 5.36. The van der Waals surface area contributed by atoms with Crippen LogP contribution in [0.15, 0.2) is 30.3 Å². The molecule has 0 fully saturated rings. The Bertz CT molecular complexity index is 168. The van der Waals surface area contributed by atoms with Crippen molar-refractivity contribution in [1.29, 1.82) is 0 Å². The summed E-state index contributed by atoms with van der Waals surface area (Å²) < 4.78 is 0. The molecule has 0 saturated carbocycles. The third kappa shape index (κ3) is 7.13. The smallest absolute Gasteiger partial charge is 0.0313 e. The molecule has 0 bridgehead atoms. The van der Waals surface area contributed by atoms with Crippen molar-refractivity contribution in [2.24, 2.45) is 0 Å². The molecule has 2 N–H and O–H groups in total. The summed E-state index contributed by atoms with van der Waals surface area (Å²) in [6, 6.07) is 9.49. The molecule has 1 aromatic carbocycles. The second-order valence-corrected chi connectivity index (χ2v) is 2.76. The zero-order valence-electron chi connectivity index (χ0n) is 8.09. The molecule has 1 aromatic rings. The molecule has 0 atom stereocenters. The van der Waals surface area contributed by atoms with E-state index >= 15 is 0 Å². The van der Waals surface area contributed by atoms with Crippen molar-refractivity contribution in [2.75, 3.05) is 5.73 Å². The Hall–Kier alpha value is -0.980. The van der Waals surface area contributed by atoms with Gasteiger partial charge in [-0.2, -0.15) is 0 Å². The first kappa shape index (κ1) is 11.0. The van der Waals surface area contributed by atoms with E-state index < -0.39 is 0 Å². The van der Waals surface area contributed by atoms with Crippen molar-refractivity contribution >= 4 is 5.69 Å². The third-order valence-corrected chi connectivity index (χ3v) is 1.51. The molecule has 0 unspecified atom stereocenters.